The molecule has 0 amide bonds. The molecule has 1 atom stereocenters. The second-order valence-corrected chi connectivity index (χ2v) is 5.78. The minimum absolute atomic E-state index is 0.115. The summed E-state index contributed by atoms with van der Waals surface area (Å²) in [6.07, 6.45) is 1.06. The third kappa shape index (κ3) is 2.28. The minimum Gasteiger partial charge on any atom is -0.393 e. The van der Waals surface area contributed by atoms with Gasteiger partial charge in [0.15, 0.2) is 4.21 Å². The normalized spacial score (nSPS) is 16.6. The zero-order valence-corrected chi connectivity index (χ0v) is 8.97. The van der Waals surface area contributed by atoms with Crippen LogP contribution in [0.2, 0.25) is 0 Å². The molecule has 0 aliphatic heterocycles. The van der Waals surface area contributed by atoms with Crippen LogP contribution >= 0.6 is 11.3 Å². The van der Waals surface area contributed by atoms with Crippen LogP contribution in [0.15, 0.2) is 10.4 Å². The van der Waals surface area contributed by atoms with E-state index in [1.807, 2.05) is 0 Å². The molecule has 14 heavy (non-hydrogen) atoms. The number of hydrogen-bond acceptors (Lipinski definition) is 6. The lowest BCUT2D eigenvalue weighted by Gasteiger charge is -2.16. The monoisotopic (exact) mass is 238 g/mol. The number of primary sulfonamides is 1. The molecule has 0 saturated carbocycles. The van der Waals surface area contributed by atoms with E-state index in [-0.39, 0.29) is 9.22 Å². The number of nitrogens with two attached hydrogens (primary N) is 1. The van der Waals surface area contributed by atoms with Crippen molar-refractivity contribution in [1.82, 2.24) is 4.98 Å². The van der Waals surface area contributed by atoms with Crippen molar-refractivity contribution in [3.63, 3.8) is 0 Å². The van der Waals surface area contributed by atoms with E-state index in [0.29, 0.717) is 0 Å². The summed E-state index contributed by atoms with van der Waals surface area (Å²) in [6, 6.07) is 0. The fourth-order valence-electron chi connectivity index (χ4n) is 0.707. The number of thiazole rings is 1. The minimum atomic E-state index is -3.79. The van der Waals surface area contributed by atoms with E-state index < -0.39 is 22.2 Å². The standard InChI is InChI=1S/C6H10N2O4S2/c1-6(10,3-9)5-8-2-4(13-5)14(7,11)12/h2,9-10H,3H2,1H3,(H2,7,11,12)/t6-/m1/s1. The molecule has 1 aromatic rings. The molecular weight excluding hydrogens is 228 g/mol. The quantitative estimate of drug-likeness (QED) is 0.624. The van der Waals surface area contributed by atoms with Crippen LogP contribution in [0.3, 0.4) is 0 Å². The van der Waals surface area contributed by atoms with Crippen molar-refractivity contribution >= 4 is 21.4 Å². The SMILES string of the molecule is C[C@@](O)(CO)c1ncc(S(N)(=O)=O)s1. The molecule has 1 aromatic heterocycles. The van der Waals surface area contributed by atoms with Gasteiger partial charge in [-0.05, 0) is 6.92 Å². The fourth-order valence-corrected chi connectivity index (χ4v) is 2.29. The summed E-state index contributed by atoms with van der Waals surface area (Å²) in [5.41, 5.74) is -1.53. The summed E-state index contributed by atoms with van der Waals surface area (Å²) >= 11 is 0.737. The number of nitrogens with zero attached hydrogens (tertiary/aromatic N) is 1. The topological polar surface area (TPSA) is 114 Å². The Hall–Kier alpha value is -0.540. The van der Waals surface area contributed by atoms with Gasteiger partial charge in [-0.15, -0.1) is 11.3 Å². The summed E-state index contributed by atoms with van der Waals surface area (Å²) in [5.74, 6) is 0. The molecule has 8 heteroatoms. The molecule has 0 fully saturated rings. The molecule has 0 aromatic carbocycles. The third-order valence-electron chi connectivity index (χ3n) is 1.53. The van der Waals surface area contributed by atoms with Crippen molar-refractivity contribution in [2.45, 2.75) is 16.7 Å². The highest BCUT2D eigenvalue weighted by Crippen LogP contribution is 2.26. The maximum Gasteiger partial charge on any atom is 0.249 e. The second-order valence-electron chi connectivity index (χ2n) is 2.96. The van der Waals surface area contributed by atoms with Crippen LogP contribution in [-0.4, -0.2) is 30.2 Å². The Kier molecular flexibility index (Phi) is 2.93. The predicted octanol–water partition coefficient (Wildman–Crippen LogP) is -1.01. The van der Waals surface area contributed by atoms with E-state index in [9.17, 15) is 13.5 Å². The highest BCUT2D eigenvalue weighted by Gasteiger charge is 2.27. The second kappa shape index (κ2) is 3.55. The first-order valence-corrected chi connectivity index (χ1v) is 5.96. The van der Waals surface area contributed by atoms with Crippen LogP contribution < -0.4 is 5.14 Å². The molecule has 0 bridgehead atoms. The van der Waals surface area contributed by atoms with Crippen molar-refractivity contribution in [3.8, 4) is 0 Å². The van der Waals surface area contributed by atoms with E-state index in [1.165, 1.54) is 6.92 Å². The van der Waals surface area contributed by atoms with Gasteiger partial charge in [0.05, 0.1) is 12.8 Å². The molecule has 0 radical (unpaired) electrons. The van der Waals surface area contributed by atoms with Crippen LogP contribution in [-0.2, 0) is 15.6 Å². The van der Waals surface area contributed by atoms with Gasteiger partial charge in [-0.1, -0.05) is 0 Å². The van der Waals surface area contributed by atoms with Gasteiger partial charge in [0.25, 0.3) is 0 Å². The van der Waals surface area contributed by atoms with Gasteiger partial charge >= 0.3 is 0 Å². The average molecular weight is 238 g/mol. The van der Waals surface area contributed by atoms with E-state index in [4.69, 9.17) is 10.2 Å². The van der Waals surface area contributed by atoms with E-state index in [0.717, 1.165) is 17.5 Å². The maximum absolute atomic E-state index is 10.9. The van der Waals surface area contributed by atoms with Crippen molar-refractivity contribution in [2.24, 2.45) is 5.14 Å². The van der Waals surface area contributed by atoms with Crippen LogP contribution in [0.4, 0.5) is 0 Å². The smallest absolute Gasteiger partial charge is 0.249 e. The lowest BCUT2D eigenvalue weighted by atomic mass is 10.1. The first-order chi connectivity index (χ1) is 6.27. The average Bonchev–Trinajstić information content (AvgIpc) is 2.51. The zero-order chi connectivity index (χ0) is 11.0. The summed E-state index contributed by atoms with van der Waals surface area (Å²) < 4.78 is 21.6. The largest absolute Gasteiger partial charge is 0.393 e. The molecule has 4 N–H and O–H groups in total. The summed E-state index contributed by atoms with van der Waals surface area (Å²) in [7, 11) is -3.79. The number of hydrogen-bond donors (Lipinski definition) is 3. The lowest BCUT2D eigenvalue weighted by Crippen LogP contribution is -2.25. The summed E-state index contributed by atoms with van der Waals surface area (Å²) in [4.78, 5) is 3.67. The highest BCUT2D eigenvalue weighted by atomic mass is 32.2. The molecule has 80 valence electrons. The van der Waals surface area contributed by atoms with Gasteiger partial charge in [0, 0.05) is 0 Å². The Morgan fingerprint density at radius 3 is 2.64 bits per heavy atom. The number of sulfonamides is 1. The Morgan fingerprint density at radius 2 is 2.29 bits per heavy atom. The molecule has 6 nitrogen and oxygen atoms in total. The Bertz CT molecular complexity index is 423. The summed E-state index contributed by atoms with van der Waals surface area (Å²) in [5, 5.41) is 23.3. The third-order valence-corrected chi connectivity index (χ3v) is 4.19. The van der Waals surface area contributed by atoms with Crippen molar-refractivity contribution in [2.75, 3.05) is 6.61 Å². The van der Waals surface area contributed by atoms with Crippen molar-refractivity contribution in [3.05, 3.63) is 11.2 Å². The van der Waals surface area contributed by atoms with Crippen LogP contribution in [0.25, 0.3) is 0 Å². The van der Waals surface area contributed by atoms with Gasteiger partial charge in [-0.2, -0.15) is 0 Å². The van der Waals surface area contributed by atoms with E-state index in [1.54, 1.807) is 0 Å². The number of aromatic nitrogens is 1. The predicted molar refractivity (Wildman–Crippen MR) is 50.1 cm³/mol. The molecule has 0 spiro atoms. The number of aliphatic hydroxyl groups is 2. The number of aliphatic hydroxyl groups excluding tert-OH is 1. The lowest BCUT2D eigenvalue weighted by molar-refractivity contribution is -0.00244. The number of rotatable bonds is 3. The first kappa shape index (κ1) is 11.5. The van der Waals surface area contributed by atoms with Gasteiger partial charge in [0.1, 0.15) is 10.6 Å². The molecule has 0 saturated heterocycles. The maximum atomic E-state index is 10.9. The molecule has 0 aliphatic rings. The highest BCUT2D eigenvalue weighted by molar-refractivity contribution is 7.91. The molecular formula is C6H10N2O4S2. The van der Waals surface area contributed by atoms with Gasteiger partial charge in [-0.25, -0.2) is 18.5 Å². The van der Waals surface area contributed by atoms with Crippen molar-refractivity contribution < 1.29 is 18.6 Å². The summed E-state index contributed by atoms with van der Waals surface area (Å²) in [6.45, 7) is 0.795. The van der Waals surface area contributed by atoms with Gasteiger partial charge < -0.3 is 10.2 Å². The Balaban J connectivity index is 3.13. The molecule has 0 aliphatic carbocycles. The van der Waals surface area contributed by atoms with E-state index in [2.05, 4.69) is 4.98 Å². The zero-order valence-electron chi connectivity index (χ0n) is 7.34. The fraction of sp³-hybridized carbons (Fsp3) is 0.500. The van der Waals surface area contributed by atoms with Crippen LogP contribution in [0, 0.1) is 0 Å². The molecule has 1 rings (SSSR count). The van der Waals surface area contributed by atoms with Gasteiger partial charge in [-0.3, -0.25) is 0 Å². The van der Waals surface area contributed by atoms with Crippen molar-refractivity contribution in [1.29, 1.82) is 0 Å². The van der Waals surface area contributed by atoms with Crippen LogP contribution in [0.5, 0.6) is 0 Å². The Morgan fingerprint density at radius 1 is 1.71 bits per heavy atom. The Labute approximate surface area is 85.1 Å². The van der Waals surface area contributed by atoms with E-state index >= 15 is 0 Å². The molecule has 0 unspecified atom stereocenters. The molecule has 1 heterocycles. The van der Waals surface area contributed by atoms with Crippen LogP contribution in [0.1, 0.15) is 11.9 Å². The van der Waals surface area contributed by atoms with Gasteiger partial charge in [0.2, 0.25) is 10.0 Å². The first-order valence-electron chi connectivity index (χ1n) is 3.60.